The fourth-order valence-electron chi connectivity index (χ4n) is 3.12. The molecule has 0 spiro atoms. The SMILES string of the molecule is Cl.Cl.FC1(F)Oc2cccc([C@H](c3cccs3)N3CCNCC3)c2O1. The molecule has 4 nitrogen and oxygen atoms in total. The van der Waals surface area contributed by atoms with Gasteiger partial charge in [0.25, 0.3) is 0 Å². The Labute approximate surface area is 160 Å². The predicted molar refractivity (Wildman–Crippen MR) is 97.7 cm³/mol. The third kappa shape index (κ3) is 4.01. The number of hydrogen-bond donors (Lipinski definition) is 1. The fourth-order valence-corrected chi connectivity index (χ4v) is 4.00. The van der Waals surface area contributed by atoms with Crippen LogP contribution in [-0.4, -0.2) is 37.4 Å². The Morgan fingerprint density at radius 3 is 2.52 bits per heavy atom. The number of fused-ring (bicyclic) bond motifs is 1. The van der Waals surface area contributed by atoms with Gasteiger partial charge < -0.3 is 14.8 Å². The van der Waals surface area contributed by atoms with Gasteiger partial charge in [-0.1, -0.05) is 18.2 Å². The second kappa shape index (κ2) is 8.05. The zero-order chi connectivity index (χ0) is 15.9. The van der Waals surface area contributed by atoms with Gasteiger partial charge in [-0.3, -0.25) is 4.90 Å². The monoisotopic (exact) mass is 410 g/mol. The van der Waals surface area contributed by atoms with Crippen LogP contribution in [-0.2, 0) is 0 Å². The molecule has 9 heteroatoms. The molecule has 0 aliphatic carbocycles. The molecule has 1 aromatic carbocycles. The minimum atomic E-state index is -3.60. The van der Waals surface area contributed by atoms with Crippen molar-refractivity contribution in [1.29, 1.82) is 0 Å². The van der Waals surface area contributed by atoms with Gasteiger partial charge in [-0.15, -0.1) is 44.9 Å². The second-order valence-corrected chi connectivity index (χ2v) is 6.53. The van der Waals surface area contributed by atoms with Gasteiger partial charge in [0.05, 0.1) is 6.04 Å². The Morgan fingerprint density at radius 1 is 1.08 bits per heavy atom. The first-order valence-corrected chi connectivity index (χ1v) is 8.39. The highest BCUT2D eigenvalue weighted by Gasteiger charge is 2.45. The third-order valence-corrected chi connectivity index (χ3v) is 5.01. The van der Waals surface area contributed by atoms with Crippen LogP contribution < -0.4 is 14.8 Å². The summed E-state index contributed by atoms with van der Waals surface area (Å²) in [6, 6.07) is 9.00. The van der Waals surface area contributed by atoms with E-state index in [1.54, 1.807) is 17.4 Å². The summed E-state index contributed by atoms with van der Waals surface area (Å²) in [4.78, 5) is 3.40. The van der Waals surface area contributed by atoms with E-state index in [1.807, 2.05) is 23.6 Å². The third-order valence-electron chi connectivity index (χ3n) is 4.08. The number of nitrogens with one attached hydrogen (secondary N) is 1. The maximum Gasteiger partial charge on any atom is 0.586 e. The standard InChI is InChI=1S/C16H16F2N2O2S.2ClH/c17-16(18)21-12-4-1-3-11(15(12)22-16)14(13-5-2-10-23-13)20-8-6-19-7-9-20;;/h1-5,10,14,19H,6-9H2;2*1H/t14-;;/m1../s1. The van der Waals surface area contributed by atoms with Crippen LogP contribution in [0.2, 0.25) is 0 Å². The number of para-hydroxylation sites is 1. The molecule has 3 heterocycles. The lowest BCUT2D eigenvalue weighted by atomic mass is 10.0. The molecule has 1 aromatic heterocycles. The first-order chi connectivity index (χ1) is 11.1. The highest BCUT2D eigenvalue weighted by Crippen LogP contribution is 2.48. The van der Waals surface area contributed by atoms with Crippen LogP contribution in [0.25, 0.3) is 0 Å². The van der Waals surface area contributed by atoms with Gasteiger partial charge in [0.15, 0.2) is 11.5 Å². The molecule has 0 bridgehead atoms. The number of ether oxygens (including phenoxy) is 2. The summed E-state index contributed by atoms with van der Waals surface area (Å²) in [5, 5.41) is 5.32. The second-order valence-electron chi connectivity index (χ2n) is 5.55. The zero-order valence-corrected chi connectivity index (χ0v) is 15.6. The van der Waals surface area contributed by atoms with Crippen molar-refractivity contribution in [2.45, 2.75) is 12.3 Å². The lowest BCUT2D eigenvalue weighted by Crippen LogP contribution is -2.45. The van der Waals surface area contributed by atoms with Crippen LogP contribution in [0, 0.1) is 0 Å². The molecule has 138 valence electrons. The average molecular weight is 411 g/mol. The minimum absolute atomic E-state index is 0. The van der Waals surface area contributed by atoms with Crippen molar-refractivity contribution in [1.82, 2.24) is 10.2 Å². The number of thiophene rings is 1. The molecule has 2 aliphatic heterocycles. The molecule has 2 aromatic rings. The number of benzene rings is 1. The Bertz CT molecular complexity index is 697. The molecule has 0 saturated carbocycles. The lowest BCUT2D eigenvalue weighted by molar-refractivity contribution is -0.287. The van der Waals surface area contributed by atoms with Gasteiger partial charge in [0.2, 0.25) is 0 Å². The molecule has 0 amide bonds. The van der Waals surface area contributed by atoms with E-state index in [-0.39, 0.29) is 42.4 Å². The van der Waals surface area contributed by atoms with E-state index in [2.05, 4.69) is 15.0 Å². The van der Waals surface area contributed by atoms with Gasteiger partial charge >= 0.3 is 6.29 Å². The maximum atomic E-state index is 13.5. The fraction of sp³-hybridized carbons (Fsp3) is 0.375. The van der Waals surface area contributed by atoms with Crippen LogP contribution in [0.15, 0.2) is 35.7 Å². The van der Waals surface area contributed by atoms with Crippen LogP contribution in [0.1, 0.15) is 16.5 Å². The zero-order valence-electron chi connectivity index (χ0n) is 13.1. The summed E-state index contributed by atoms with van der Waals surface area (Å²) in [5.41, 5.74) is 0.726. The van der Waals surface area contributed by atoms with E-state index in [0.29, 0.717) is 0 Å². The molecular formula is C16H18Cl2F2N2O2S. The van der Waals surface area contributed by atoms with Crippen molar-refractivity contribution in [3.05, 3.63) is 46.2 Å². The molecule has 0 radical (unpaired) electrons. The molecule has 2 aliphatic rings. The van der Waals surface area contributed by atoms with Gasteiger partial charge in [0, 0.05) is 36.6 Å². The molecule has 1 saturated heterocycles. The van der Waals surface area contributed by atoms with Gasteiger partial charge in [-0.2, -0.15) is 0 Å². The average Bonchev–Trinajstić information content (AvgIpc) is 3.15. The van der Waals surface area contributed by atoms with Crippen LogP contribution in [0.5, 0.6) is 11.5 Å². The van der Waals surface area contributed by atoms with Crippen molar-refractivity contribution in [2.24, 2.45) is 0 Å². The molecule has 4 rings (SSSR count). The molecule has 25 heavy (non-hydrogen) atoms. The Kier molecular flexibility index (Phi) is 6.51. The van der Waals surface area contributed by atoms with Crippen LogP contribution in [0.3, 0.4) is 0 Å². The number of alkyl halides is 2. The highest BCUT2D eigenvalue weighted by atomic mass is 35.5. The van der Waals surface area contributed by atoms with Crippen molar-refractivity contribution < 1.29 is 18.3 Å². The summed E-state index contributed by atoms with van der Waals surface area (Å²) in [5.74, 6) is 0.249. The van der Waals surface area contributed by atoms with E-state index in [0.717, 1.165) is 36.6 Å². The Balaban J connectivity index is 0.00000113. The Morgan fingerprint density at radius 2 is 1.84 bits per heavy atom. The van der Waals surface area contributed by atoms with Crippen molar-refractivity contribution in [3.63, 3.8) is 0 Å². The van der Waals surface area contributed by atoms with Gasteiger partial charge in [0.1, 0.15) is 0 Å². The number of nitrogens with zero attached hydrogens (tertiary/aromatic N) is 1. The molecular weight excluding hydrogens is 393 g/mol. The van der Waals surface area contributed by atoms with E-state index >= 15 is 0 Å². The summed E-state index contributed by atoms with van der Waals surface area (Å²) in [6.45, 7) is 3.46. The van der Waals surface area contributed by atoms with E-state index in [4.69, 9.17) is 4.74 Å². The van der Waals surface area contributed by atoms with Crippen molar-refractivity contribution in [3.8, 4) is 11.5 Å². The molecule has 1 fully saturated rings. The quantitative estimate of drug-likeness (QED) is 0.831. The summed E-state index contributed by atoms with van der Waals surface area (Å²) >= 11 is 1.62. The lowest BCUT2D eigenvalue weighted by Gasteiger charge is -2.35. The Hall–Kier alpha value is -1.12. The van der Waals surface area contributed by atoms with Gasteiger partial charge in [-0.25, -0.2) is 0 Å². The number of piperazine rings is 1. The van der Waals surface area contributed by atoms with Crippen LogP contribution >= 0.6 is 36.2 Å². The smallest absolute Gasteiger partial charge is 0.395 e. The van der Waals surface area contributed by atoms with Gasteiger partial charge in [-0.05, 0) is 17.5 Å². The van der Waals surface area contributed by atoms with Crippen molar-refractivity contribution in [2.75, 3.05) is 26.2 Å². The number of halogens is 4. The van der Waals surface area contributed by atoms with E-state index < -0.39 is 6.29 Å². The van der Waals surface area contributed by atoms with E-state index in [9.17, 15) is 8.78 Å². The first-order valence-electron chi connectivity index (χ1n) is 7.51. The normalized spacial score (nSPS) is 19.6. The predicted octanol–water partition coefficient (Wildman–Crippen LogP) is 3.91. The first kappa shape index (κ1) is 20.2. The highest BCUT2D eigenvalue weighted by molar-refractivity contribution is 7.10. The number of hydrogen-bond acceptors (Lipinski definition) is 5. The number of rotatable bonds is 3. The largest absolute Gasteiger partial charge is 0.586 e. The van der Waals surface area contributed by atoms with Crippen molar-refractivity contribution >= 4 is 36.2 Å². The summed E-state index contributed by atoms with van der Waals surface area (Å²) < 4.78 is 36.4. The minimum Gasteiger partial charge on any atom is -0.395 e. The van der Waals surface area contributed by atoms with Crippen LogP contribution in [0.4, 0.5) is 8.78 Å². The van der Waals surface area contributed by atoms with E-state index in [1.165, 1.54) is 6.07 Å². The summed E-state index contributed by atoms with van der Waals surface area (Å²) in [6.07, 6.45) is -3.60. The molecule has 1 atom stereocenters. The topological polar surface area (TPSA) is 33.7 Å². The molecule has 0 unspecified atom stereocenters. The maximum absolute atomic E-state index is 13.5. The molecule has 1 N–H and O–H groups in total. The summed E-state index contributed by atoms with van der Waals surface area (Å²) in [7, 11) is 0.